The van der Waals surface area contributed by atoms with Crippen molar-refractivity contribution >= 4 is 39.1 Å². The number of hydrogen-bond acceptors (Lipinski definition) is 4. The Bertz CT molecular complexity index is 1140. The minimum Gasteiger partial charge on any atom is -0.350 e. The van der Waals surface area contributed by atoms with Gasteiger partial charge in [0.25, 0.3) is 0 Å². The highest BCUT2D eigenvalue weighted by atomic mass is 35.5. The van der Waals surface area contributed by atoms with E-state index in [4.69, 9.17) is 11.6 Å². The van der Waals surface area contributed by atoms with Crippen LogP contribution in [0.15, 0.2) is 48.5 Å². The van der Waals surface area contributed by atoms with Gasteiger partial charge in [-0.05, 0) is 51.0 Å². The number of anilines is 1. The second-order valence-corrected chi connectivity index (χ2v) is 11.3. The zero-order valence-corrected chi connectivity index (χ0v) is 21.6. The molecule has 0 aliphatic heterocycles. The lowest BCUT2D eigenvalue weighted by Gasteiger charge is -2.34. The molecular weight excluding hydrogens is 481 g/mol. The van der Waals surface area contributed by atoms with Crippen molar-refractivity contribution in [1.82, 2.24) is 10.2 Å². The molecule has 0 radical (unpaired) electrons. The van der Waals surface area contributed by atoms with E-state index in [1.54, 1.807) is 31.2 Å². The van der Waals surface area contributed by atoms with Crippen LogP contribution in [0.4, 0.5) is 10.1 Å². The van der Waals surface area contributed by atoms with Crippen LogP contribution in [-0.4, -0.2) is 49.5 Å². The van der Waals surface area contributed by atoms with Crippen LogP contribution in [-0.2, 0) is 26.2 Å². The first-order valence-corrected chi connectivity index (χ1v) is 13.0. The largest absolute Gasteiger partial charge is 0.350 e. The van der Waals surface area contributed by atoms with Crippen LogP contribution in [0.3, 0.4) is 0 Å². The van der Waals surface area contributed by atoms with E-state index >= 15 is 0 Å². The summed E-state index contributed by atoms with van der Waals surface area (Å²) >= 11 is 6.31. The molecule has 0 unspecified atom stereocenters. The summed E-state index contributed by atoms with van der Waals surface area (Å²) in [7, 11) is -4.01. The summed E-state index contributed by atoms with van der Waals surface area (Å²) in [6.45, 7) is 6.52. The summed E-state index contributed by atoms with van der Waals surface area (Å²) in [5.74, 6) is -1.83. The van der Waals surface area contributed by atoms with E-state index in [1.165, 1.54) is 23.1 Å². The van der Waals surface area contributed by atoms with Crippen LogP contribution in [0.1, 0.15) is 39.7 Å². The smallest absolute Gasteiger partial charge is 0.244 e. The number of nitrogens with zero attached hydrogens (tertiary/aromatic N) is 2. The maximum Gasteiger partial charge on any atom is 0.244 e. The van der Waals surface area contributed by atoms with Gasteiger partial charge in [-0.1, -0.05) is 48.9 Å². The Labute approximate surface area is 205 Å². The first-order chi connectivity index (χ1) is 15.7. The number of nitrogens with one attached hydrogen (secondary N) is 1. The molecule has 7 nitrogen and oxygen atoms in total. The average molecular weight is 512 g/mol. The van der Waals surface area contributed by atoms with Crippen molar-refractivity contribution in [3.8, 4) is 0 Å². The van der Waals surface area contributed by atoms with Gasteiger partial charge in [-0.3, -0.25) is 13.9 Å². The van der Waals surface area contributed by atoms with Gasteiger partial charge < -0.3 is 10.2 Å². The maximum atomic E-state index is 14.4. The summed E-state index contributed by atoms with van der Waals surface area (Å²) in [5, 5.41) is 3.28. The minimum absolute atomic E-state index is 0.0244. The zero-order chi connectivity index (χ0) is 25.7. The lowest BCUT2D eigenvalue weighted by Crippen LogP contribution is -2.55. The molecule has 0 aromatic heterocycles. The topological polar surface area (TPSA) is 86.8 Å². The quantitative estimate of drug-likeness (QED) is 0.552. The molecule has 0 spiro atoms. The van der Waals surface area contributed by atoms with Gasteiger partial charge >= 0.3 is 0 Å². The third-order valence-electron chi connectivity index (χ3n) is 4.98. The number of para-hydroxylation sites is 1. The fourth-order valence-electron chi connectivity index (χ4n) is 3.43. The van der Waals surface area contributed by atoms with Crippen LogP contribution in [0, 0.1) is 5.82 Å². The molecule has 10 heteroatoms. The molecule has 0 aliphatic rings. The molecule has 0 saturated heterocycles. The second-order valence-electron chi connectivity index (χ2n) is 9.00. The Balaban J connectivity index is 2.49. The third-order valence-corrected chi connectivity index (χ3v) is 6.48. The normalized spacial score (nSPS) is 12.7. The molecule has 0 aliphatic carbocycles. The van der Waals surface area contributed by atoms with E-state index in [-0.39, 0.29) is 24.6 Å². The summed E-state index contributed by atoms with van der Waals surface area (Å²) in [6.07, 6.45) is 1.17. The molecular formula is C24H31ClFN3O4S. The molecule has 34 heavy (non-hydrogen) atoms. The van der Waals surface area contributed by atoms with Crippen molar-refractivity contribution in [2.75, 3.05) is 17.1 Å². The number of amides is 2. The van der Waals surface area contributed by atoms with Gasteiger partial charge in [-0.2, -0.15) is 0 Å². The maximum absolute atomic E-state index is 14.4. The summed E-state index contributed by atoms with van der Waals surface area (Å²) < 4.78 is 40.2. The van der Waals surface area contributed by atoms with E-state index in [0.29, 0.717) is 14.9 Å². The highest BCUT2D eigenvalue weighted by Crippen LogP contribution is 2.24. The van der Waals surface area contributed by atoms with Crippen LogP contribution in [0.25, 0.3) is 0 Å². The van der Waals surface area contributed by atoms with Gasteiger partial charge in [0, 0.05) is 17.1 Å². The van der Waals surface area contributed by atoms with Gasteiger partial charge in [-0.15, -0.1) is 0 Å². The van der Waals surface area contributed by atoms with E-state index in [0.717, 1.165) is 12.3 Å². The summed E-state index contributed by atoms with van der Waals surface area (Å²) in [5.41, 5.74) is -0.199. The van der Waals surface area contributed by atoms with Gasteiger partial charge in [0.05, 0.1) is 11.9 Å². The molecule has 0 heterocycles. The average Bonchev–Trinajstić information content (AvgIpc) is 2.71. The SMILES string of the molecule is CC[C@@H](C(=O)NC(C)(C)C)N(Cc1ccccc1Cl)C(=O)CN(c1ccccc1F)S(C)(=O)=O. The number of hydrogen-bond donors (Lipinski definition) is 1. The van der Waals surface area contributed by atoms with Crippen LogP contribution < -0.4 is 9.62 Å². The Morgan fingerprint density at radius 3 is 2.21 bits per heavy atom. The lowest BCUT2D eigenvalue weighted by atomic mass is 10.1. The van der Waals surface area contributed by atoms with Gasteiger partial charge in [0.15, 0.2) is 0 Å². The number of benzene rings is 2. The molecule has 1 atom stereocenters. The van der Waals surface area contributed by atoms with Crippen molar-refractivity contribution in [2.24, 2.45) is 0 Å². The lowest BCUT2D eigenvalue weighted by molar-refractivity contribution is -0.141. The molecule has 0 fully saturated rings. The Kier molecular flexibility index (Phi) is 9.08. The number of carbonyl (C=O) groups is 2. The molecule has 0 bridgehead atoms. The van der Waals surface area contributed by atoms with Crippen LogP contribution in [0.2, 0.25) is 5.02 Å². The standard InChI is InChI=1S/C24H31ClFN3O4S/c1-6-20(23(31)27-24(2,3)4)28(15-17-11-7-8-12-18(17)25)22(30)16-29(34(5,32)33)21-14-10-9-13-19(21)26/h7-14,20H,6,15-16H2,1-5H3,(H,27,31)/t20-/m0/s1. The van der Waals surface area contributed by atoms with E-state index in [9.17, 15) is 22.4 Å². The molecule has 2 aromatic carbocycles. The van der Waals surface area contributed by atoms with Crippen LogP contribution >= 0.6 is 11.6 Å². The van der Waals surface area contributed by atoms with E-state index in [2.05, 4.69) is 5.32 Å². The Morgan fingerprint density at radius 2 is 1.68 bits per heavy atom. The van der Waals surface area contributed by atoms with Crippen LogP contribution in [0.5, 0.6) is 0 Å². The number of sulfonamides is 1. The molecule has 2 aromatic rings. The zero-order valence-electron chi connectivity index (χ0n) is 20.0. The number of halogens is 2. The first kappa shape index (κ1) is 27.6. The van der Waals surface area contributed by atoms with E-state index < -0.39 is 39.9 Å². The summed E-state index contributed by atoms with van der Waals surface area (Å²) in [4.78, 5) is 27.9. The van der Waals surface area contributed by atoms with Crippen molar-refractivity contribution in [2.45, 2.75) is 52.2 Å². The Morgan fingerprint density at radius 1 is 1.09 bits per heavy atom. The van der Waals surface area contributed by atoms with E-state index in [1.807, 2.05) is 20.8 Å². The molecule has 1 N–H and O–H groups in total. The van der Waals surface area contributed by atoms with Gasteiger partial charge in [0.1, 0.15) is 18.4 Å². The first-order valence-electron chi connectivity index (χ1n) is 10.8. The predicted octanol–water partition coefficient (Wildman–Crippen LogP) is 3.97. The highest BCUT2D eigenvalue weighted by Gasteiger charge is 2.33. The number of rotatable bonds is 9. The van der Waals surface area contributed by atoms with Gasteiger partial charge in [-0.25, -0.2) is 12.8 Å². The van der Waals surface area contributed by atoms with Crippen molar-refractivity contribution in [1.29, 1.82) is 0 Å². The molecule has 0 saturated carbocycles. The second kappa shape index (κ2) is 11.2. The molecule has 186 valence electrons. The van der Waals surface area contributed by atoms with Crippen molar-refractivity contribution in [3.05, 3.63) is 64.9 Å². The molecule has 2 amide bonds. The monoisotopic (exact) mass is 511 g/mol. The Hall–Kier alpha value is -2.65. The highest BCUT2D eigenvalue weighted by molar-refractivity contribution is 7.92. The third kappa shape index (κ3) is 7.43. The van der Waals surface area contributed by atoms with Gasteiger partial charge in [0.2, 0.25) is 21.8 Å². The molecule has 2 rings (SSSR count). The van der Waals surface area contributed by atoms with Crippen molar-refractivity contribution in [3.63, 3.8) is 0 Å². The number of carbonyl (C=O) groups excluding carboxylic acids is 2. The fourth-order valence-corrected chi connectivity index (χ4v) is 4.48. The summed E-state index contributed by atoms with van der Waals surface area (Å²) in [6, 6.07) is 11.3. The fraction of sp³-hybridized carbons (Fsp3) is 0.417. The van der Waals surface area contributed by atoms with Crippen molar-refractivity contribution < 1.29 is 22.4 Å². The predicted molar refractivity (Wildman–Crippen MR) is 133 cm³/mol. The minimum atomic E-state index is -4.01.